The number of aromatic nitrogens is 6. The lowest BCUT2D eigenvalue weighted by atomic mass is 9.81. The van der Waals surface area contributed by atoms with Gasteiger partial charge >= 0.3 is 0 Å². The molecule has 0 fully saturated rings. The molecule has 3 aliphatic rings. The average Bonchev–Trinajstić information content (AvgIpc) is 1.65. The van der Waals surface area contributed by atoms with Gasteiger partial charge in [-0.25, -0.2) is 58.1 Å². The number of ether oxygens (including phenoxy) is 3. The van der Waals surface area contributed by atoms with E-state index in [0.29, 0.717) is 67.3 Å². The molecule has 91 heavy (non-hydrogen) atoms. The molecule has 0 saturated carbocycles. The number of benzene rings is 6. The molecule has 3 amide bonds. The van der Waals surface area contributed by atoms with Crippen LogP contribution in [0.4, 0.5) is 13.2 Å². The number of carbonyl (C=O) groups excluding carboxylic acids is 3. The highest BCUT2D eigenvalue weighted by Gasteiger charge is 2.52. The van der Waals surface area contributed by atoms with E-state index >= 15 is 0 Å². The van der Waals surface area contributed by atoms with Crippen LogP contribution in [0.15, 0.2) is 180 Å². The van der Waals surface area contributed by atoms with Crippen LogP contribution < -0.4 is 31.4 Å². The normalized spacial score (nSPS) is 18.3. The highest BCUT2D eigenvalue weighted by Crippen LogP contribution is 2.46. The van der Waals surface area contributed by atoms with Crippen LogP contribution in [0, 0.1) is 38.2 Å². The quantitative estimate of drug-likeness (QED) is 0.0998. The summed E-state index contributed by atoms with van der Waals surface area (Å²) in [7, 11) is 9.43. The fraction of sp³-hybridized carbons (Fsp3) is 0.182. The van der Waals surface area contributed by atoms with E-state index in [1.54, 1.807) is 115 Å². The standard InChI is InChI=1S/3C22H20FN5O2.B/c3*1-13-8-15(5-7-19(13)30-3)22(20(29)28(2)21(24)27-22)16-4-6-18(23)17(9-16)14-10-25-12-26-11-14;/h3*4-12H,1-3H3,(H2,24,27);/t2*22-;;/m10../s1. The van der Waals surface area contributed by atoms with Crippen molar-refractivity contribution in [1.82, 2.24) is 44.6 Å². The Balaban J connectivity index is 0.000000161. The van der Waals surface area contributed by atoms with E-state index in [2.05, 4.69) is 44.9 Å². The first-order valence-corrected chi connectivity index (χ1v) is 27.7. The summed E-state index contributed by atoms with van der Waals surface area (Å²) < 4.78 is 60.0. The summed E-state index contributed by atoms with van der Waals surface area (Å²) in [5, 5.41) is 0. The number of methoxy groups -OCH3 is 3. The van der Waals surface area contributed by atoms with Crippen LogP contribution >= 0.6 is 0 Å². The number of hydrogen-bond donors (Lipinski definition) is 3. The van der Waals surface area contributed by atoms with Crippen LogP contribution in [0.25, 0.3) is 33.4 Å². The zero-order valence-electron chi connectivity index (χ0n) is 50.8. The molecule has 1 unspecified atom stereocenters. The molecule has 25 heteroatoms. The molecule has 3 aromatic heterocycles. The molecule has 21 nitrogen and oxygen atoms in total. The Morgan fingerprint density at radius 1 is 0.374 bits per heavy atom. The van der Waals surface area contributed by atoms with Crippen LogP contribution in [0.3, 0.4) is 0 Å². The maximum atomic E-state index is 14.7. The smallest absolute Gasteiger partial charge is 0.266 e. The second-order valence-corrected chi connectivity index (χ2v) is 21.2. The van der Waals surface area contributed by atoms with Crippen LogP contribution in [0.2, 0.25) is 0 Å². The summed E-state index contributed by atoms with van der Waals surface area (Å²) in [6, 6.07) is 29.5. The number of aryl methyl sites for hydroxylation is 3. The van der Waals surface area contributed by atoms with E-state index < -0.39 is 34.1 Å². The number of guanidine groups is 3. The number of nitrogens with zero attached hydrogens (tertiary/aromatic N) is 12. The van der Waals surface area contributed by atoms with Crippen LogP contribution in [-0.2, 0) is 31.0 Å². The molecule has 12 rings (SSSR count). The molecule has 3 radical (unpaired) electrons. The predicted molar refractivity (Wildman–Crippen MR) is 337 cm³/mol. The van der Waals surface area contributed by atoms with Gasteiger partial charge in [0.05, 0.1) is 21.3 Å². The van der Waals surface area contributed by atoms with Crippen LogP contribution in [0.1, 0.15) is 50.1 Å². The van der Waals surface area contributed by atoms with Gasteiger partial charge in [0.25, 0.3) is 17.7 Å². The Bertz CT molecular complexity index is 3940. The fourth-order valence-electron chi connectivity index (χ4n) is 11.1. The number of hydrogen-bond acceptors (Lipinski definition) is 18. The van der Waals surface area contributed by atoms with Gasteiger partial charge in [0.2, 0.25) is 0 Å². The fourth-order valence-corrected chi connectivity index (χ4v) is 11.1. The molecule has 9 aromatic rings. The van der Waals surface area contributed by atoms with Crippen molar-refractivity contribution in [3.63, 3.8) is 0 Å². The second kappa shape index (κ2) is 25.8. The Morgan fingerprint density at radius 3 is 0.791 bits per heavy atom. The molecular weight excluding hydrogens is 1170 g/mol. The molecule has 6 aromatic carbocycles. The summed E-state index contributed by atoms with van der Waals surface area (Å²) in [6.45, 7) is 5.64. The van der Waals surface area contributed by atoms with Crippen LogP contribution in [-0.4, -0.2) is 131 Å². The maximum Gasteiger partial charge on any atom is 0.266 e. The van der Waals surface area contributed by atoms with Crippen molar-refractivity contribution in [3.8, 4) is 50.6 Å². The van der Waals surface area contributed by atoms with Crippen molar-refractivity contribution >= 4 is 44.0 Å². The van der Waals surface area contributed by atoms with Gasteiger partial charge in [0, 0.05) is 100 Å². The molecular formula is C66H60BF3N15O6. The van der Waals surface area contributed by atoms with Crippen molar-refractivity contribution < 1.29 is 41.8 Å². The van der Waals surface area contributed by atoms with E-state index in [9.17, 15) is 27.6 Å². The number of carbonyl (C=O) groups is 3. The van der Waals surface area contributed by atoms with E-state index in [1.807, 2.05) is 39.0 Å². The highest BCUT2D eigenvalue weighted by molar-refractivity contribution is 6.11. The number of aliphatic imine (C=N–C) groups is 3. The van der Waals surface area contributed by atoms with E-state index in [-0.39, 0.29) is 60.7 Å². The lowest BCUT2D eigenvalue weighted by Crippen LogP contribution is -2.41. The molecule has 6 N–H and O–H groups in total. The minimum absolute atomic E-state index is 0. The Kier molecular flexibility index (Phi) is 18.2. The SMILES string of the molecule is COc1ccc(C2(c3ccc(F)c(-c4cncnc4)c3)N=C(N)N(C)C2=O)cc1C.COc1ccc([C@@]2(c3ccc(F)c(-c4cncnc4)c3)N=C(N)N(C)C2=O)cc1C.COc1ccc([C@]2(c3ccc(F)c(-c4cncnc4)c3)N=C(N)N(C)C2=O)cc1C.[B]. The van der Waals surface area contributed by atoms with Crippen molar-refractivity contribution in [1.29, 1.82) is 0 Å². The van der Waals surface area contributed by atoms with Gasteiger partial charge in [-0.15, -0.1) is 0 Å². The maximum absolute atomic E-state index is 14.7. The first-order chi connectivity index (χ1) is 43.1. The third-order valence-electron chi connectivity index (χ3n) is 15.9. The average molecular weight is 1230 g/mol. The molecule has 3 atom stereocenters. The minimum atomic E-state index is -1.44. The Hall–Kier alpha value is -11.4. The molecule has 0 saturated heterocycles. The zero-order valence-corrected chi connectivity index (χ0v) is 50.8. The van der Waals surface area contributed by atoms with Gasteiger partial charge in [0.15, 0.2) is 34.5 Å². The Morgan fingerprint density at radius 2 is 0.593 bits per heavy atom. The number of halogens is 3. The zero-order chi connectivity index (χ0) is 64.4. The first-order valence-electron chi connectivity index (χ1n) is 27.7. The van der Waals surface area contributed by atoms with Crippen molar-refractivity contribution in [3.05, 3.63) is 233 Å². The molecule has 0 spiro atoms. The predicted octanol–water partition coefficient (Wildman–Crippen LogP) is 7.51. The van der Waals surface area contributed by atoms with Crippen molar-refractivity contribution in [2.24, 2.45) is 32.2 Å². The lowest BCUT2D eigenvalue weighted by molar-refractivity contribution is -0.130. The van der Waals surface area contributed by atoms with E-state index in [0.717, 1.165) is 16.7 Å². The van der Waals surface area contributed by atoms with Crippen molar-refractivity contribution in [2.75, 3.05) is 42.5 Å². The minimum Gasteiger partial charge on any atom is -0.496 e. The number of likely N-dealkylation sites (N-methyl/N-ethyl adjacent to an activating group) is 3. The van der Waals surface area contributed by atoms with Gasteiger partial charge in [-0.1, -0.05) is 36.4 Å². The molecule has 0 aliphatic carbocycles. The summed E-state index contributed by atoms with van der Waals surface area (Å²) >= 11 is 0. The first kappa shape index (κ1) is 64.1. The van der Waals surface area contributed by atoms with Crippen molar-refractivity contribution in [2.45, 2.75) is 37.4 Å². The Labute approximate surface area is 523 Å². The third kappa shape index (κ3) is 11.4. The number of amides is 3. The van der Waals surface area contributed by atoms with E-state index in [1.165, 1.54) is 89.1 Å². The van der Waals surface area contributed by atoms with Gasteiger partial charge in [0.1, 0.15) is 53.7 Å². The molecule has 459 valence electrons. The molecule has 3 aliphatic heterocycles. The number of rotatable bonds is 12. The molecule has 0 bridgehead atoms. The van der Waals surface area contributed by atoms with Crippen LogP contribution in [0.5, 0.6) is 17.2 Å². The third-order valence-corrected chi connectivity index (χ3v) is 15.9. The van der Waals surface area contributed by atoms with Gasteiger partial charge in [-0.2, -0.15) is 0 Å². The largest absolute Gasteiger partial charge is 0.496 e. The molecule has 6 heterocycles. The van der Waals surface area contributed by atoms with E-state index in [4.69, 9.17) is 31.4 Å². The van der Waals surface area contributed by atoms with Gasteiger partial charge in [-0.3, -0.25) is 29.1 Å². The summed E-state index contributed by atoms with van der Waals surface area (Å²) in [5.74, 6) is -0.0276. The summed E-state index contributed by atoms with van der Waals surface area (Å²) in [5.41, 5.74) is 21.9. The van der Waals surface area contributed by atoms with Gasteiger partial charge in [-0.05, 0) is 144 Å². The highest BCUT2D eigenvalue weighted by atomic mass is 19.1. The number of nitrogens with two attached hydrogens (primary N) is 3. The lowest BCUT2D eigenvalue weighted by Gasteiger charge is -2.27. The second-order valence-electron chi connectivity index (χ2n) is 21.2. The topological polar surface area (TPSA) is 281 Å². The summed E-state index contributed by atoms with van der Waals surface area (Å²) in [4.78, 5) is 81.6. The monoisotopic (exact) mass is 1230 g/mol. The summed E-state index contributed by atoms with van der Waals surface area (Å²) in [6.07, 6.45) is 13.2. The van der Waals surface area contributed by atoms with Gasteiger partial charge < -0.3 is 31.4 Å².